The molecule has 4 N–H and O–H groups in total. The van der Waals surface area contributed by atoms with Gasteiger partial charge < -0.3 is 16.0 Å². The second kappa shape index (κ2) is 4.24. The number of carbonyl (C=O) groups excluding carboxylic acids is 1. The largest absolute Gasteiger partial charge is 0.399 e. The van der Waals surface area contributed by atoms with Crippen LogP contribution in [0, 0.1) is 0 Å². The lowest BCUT2D eigenvalue weighted by molar-refractivity contribution is -0.110. The Hall–Kier alpha value is -3.01. The highest BCUT2D eigenvalue weighted by atomic mass is 16.2. The van der Waals surface area contributed by atoms with Gasteiger partial charge in [-0.3, -0.25) is 4.79 Å². The van der Waals surface area contributed by atoms with Crippen LogP contribution in [-0.4, -0.2) is 10.9 Å². The number of fused-ring (bicyclic) bond motifs is 2. The van der Waals surface area contributed by atoms with E-state index in [-0.39, 0.29) is 5.91 Å². The number of amides is 1. The van der Waals surface area contributed by atoms with Gasteiger partial charge in [-0.15, -0.1) is 0 Å². The van der Waals surface area contributed by atoms with Crippen molar-refractivity contribution in [2.24, 2.45) is 0 Å². The van der Waals surface area contributed by atoms with Crippen LogP contribution in [0.4, 0.5) is 11.4 Å². The molecule has 21 heavy (non-hydrogen) atoms. The summed E-state index contributed by atoms with van der Waals surface area (Å²) in [6.45, 7) is 0. The quantitative estimate of drug-likeness (QED) is 0.471. The van der Waals surface area contributed by atoms with E-state index in [1.54, 1.807) is 6.07 Å². The maximum absolute atomic E-state index is 12.1. The number of anilines is 2. The minimum Gasteiger partial charge on any atom is -0.399 e. The summed E-state index contributed by atoms with van der Waals surface area (Å²) in [6.07, 6.45) is 3.80. The van der Waals surface area contributed by atoms with Gasteiger partial charge in [0.25, 0.3) is 5.91 Å². The van der Waals surface area contributed by atoms with Crippen LogP contribution in [0.15, 0.2) is 48.7 Å². The standard InChI is InChI=1S/C17H13N3O/c18-12-2-4-16-13(9-12)14(17(21)20-16)8-10-1-3-15-11(7-10)5-6-19-15/h1-9,19H,18H2,(H,20,21)/b14-8-. The van der Waals surface area contributed by atoms with Crippen molar-refractivity contribution in [3.8, 4) is 0 Å². The predicted molar refractivity (Wildman–Crippen MR) is 85.7 cm³/mol. The fourth-order valence-corrected chi connectivity index (χ4v) is 2.68. The van der Waals surface area contributed by atoms with E-state index in [1.165, 1.54) is 0 Å². The van der Waals surface area contributed by atoms with E-state index < -0.39 is 0 Å². The summed E-state index contributed by atoms with van der Waals surface area (Å²) >= 11 is 0. The van der Waals surface area contributed by atoms with E-state index >= 15 is 0 Å². The normalized spacial score (nSPS) is 15.4. The molecule has 1 aliphatic heterocycles. The molecule has 102 valence electrons. The Morgan fingerprint density at radius 2 is 1.95 bits per heavy atom. The number of carbonyl (C=O) groups is 1. The SMILES string of the molecule is Nc1ccc2c(c1)/C(=C/c1ccc3[nH]ccc3c1)C(=O)N2. The molecule has 1 aliphatic rings. The van der Waals surface area contributed by atoms with Crippen molar-refractivity contribution in [2.75, 3.05) is 11.1 Å². The molecule has 0 atom stereocenters. The molecule has 3 aromatic rings. The monoisotopic (exact) mass is 275 g/mol. The van der Waals surface area contributed by atoms with Gasteiger partial charge in [-0.1, -0.05) is 6.07 Å². The highest BCUT2D eigenvalue weighted by Crippen LogP contribution is 2.34. The Balaban J connectivity index is 1.85. The molecule has 4 nitrogen and oxygen atoms in total. The molecule has 2 aromatic carbocycles. The first kappa shape index (κ1) is 11.8. The first-order chi connectivity index (χ1) is 10.2. The van der Waals surface area contributed by atoms with Gasteiger partial charge in [-0.05, 0) is 53.4 Å². The van der Waals surface area contributed by atoms with E-state index in [2.05, 4.69) is 16.4 Å². The van der Waals surface area contributed by atoms with Crippen molar-refractivity contribution in [3.05, 3.63) is 59.8 Å². The number of aromatic nitrogens is 1. The maximum atomic E-state index is 12.1. The van der Waals surface area contributed by atoms with Crippen molar-refractivity contribution >= 4 is 39.8 Å². The molecule has 0 saturated carbocycles. The average molecular weight is 275 g/mol. The molecule has 0 saturated heterocycles. The van der Waals surface area contributed by atoms with Crippen molar-refractivity contribution in [2.45, 2.75) is 0 Å². The lowest BCUT2D eigenvalue weighted by Crippen LogP contribution is -2.03. The fourth-order valence-electron chi connectivity index (χ4n) is 2.68. The van der Waals surface area contributed by atoms with E-state index in [0.717, 1.165) is 27.7 Å². The number of nitrogens with two attached hydrogens (primary N) is 1. The Morgan fingerprint density at radius 3 is 2.86 bits per heavy atom. The maximum Gasteiger partial charge on any atom is 0.256 e. The van der Waals surface area contributed by atoms with Crippen LogP contribution >= 0.6 is 0 Å². The topological polar surface area (TPSA) is 70.9 Å². The second-order valence-corrected chi connectivity index (χ2v) is 5.14. The summed E-state index contributed by atoms with van der Waals surface area (Å²) in [7, 11) is 0. The molecule has 0 radical (unpaired) electrons. The highest BCUT2D eigenvalue weighted by Gasteiger charge is 2.23. The molecule has 4 rings (SSSR count). The number of aromatic amines is 1. The molecule has 0 fully saturated rings. The van der Waals surface area contributed by atoms with Crippen LogP contribution in [-0.2, 0) is 4.79 Å². The van der Waals surface area contributed by atoms with Gasteiger partial charge in [0.05, 0.1) is 0 Å². The van der Waals surface area contributed by atoms with Crippen LogP contribution in [0.3, 0.4) is 0 Å². The van der Waals surface area contributed by atoms with Gasteiger partial charge in [0.2, 0.25) is 0 Å². The summed E-state index contributed by atoms with van der Waals surface area (Å²) in [5.41, 5.74) is 10.9. The number of H-pyrrole nitrogens is 1. The third kappa shape index (κ3) is 1.89. The lowest BCUT2D eigenvalue weighted by atomic mass is 10.0. The van der Waals surface area contributed by atoms with Crippen LogP contribution in [0.5, 0.6) is 0 Å². The molecule has 1 amide bonds. The van der Waals surface area contributed by atoms with E-state index in [4.69, 9.17) is 5.73 Å². The molecule has 0 spiro atoms. The van der Waals surface area contributed by atoms with Crippen molar-refractivity contribution in [1.82, 2.24) is 4.98 Å². The van der Waals surface area contributed by atoms with Gasteiger partial charge in [0.15, 0.2) is 0 Å². The van der Waals surface area contributed by atoms with Crippen LogP contribution in [0.2, 0.25) is 0 Å². The fraction of sp³-hybridized carbons (Fsp3) is 0. The van der Waals surface area contributed by atoms with E-state index in [1.807, 2.05) is 42.6 Å². The Kier molecular flexibility index (Phi) is 2.38. The highest BCUT2D eigenvalue weighted by molar-refractivity contribution is 6.35. The van der Waals surface area contributed by atoms with E-state index in [0.29, 0.717) is 11.3 Å². The third-order valence-corrected chi connectivity index (χ3v) is 3.71. The summed E-state index contributed by atoms with van der Waals surface area (Å²) in [6, 6.07) is 13.5. The van der Waals surface area contributed by atoms with Gasteiger partial charge in [0, 0.05) is 34.2 Å². The summed E-state index contributed by atoms with van der Waals surface area (Å²) in [5.74, 6) is -0.0928. The molecule has 2 heterocycles. The zero-order chi connectivity index (χ0) is 14.4. The Labute approximate surface area is 121 Å². The number of benzene rings is 2. The van der Waals surface area contributed by atoms with Crippen LogP contribution in [0.1, 0.15) is 11.1 Å². The minimum absolute atomic E-state index is 0.0928. The minimum atomic E-state index is -0.0928. The van der Waals surface area contributed by atoms with Gasteiger partial charge in [-0.25, -0.2) is 0 Å². The number of nitrogens with one attached hydrogen (secondary N) is 2. The first-order valence-electron chi connectivity index (χ1n) is 6.71. The lowest BCUT2D eigenvalue weighted by Gasteiger charge is -2.01. The molecule has 4 heteroatoms. The van der Waals surface area contributed by atoms with Gasteiger partial charge in [0.1, 0.15) is 0 Å². The Bertz CT molecular complexity index is 905. The second-order valence-electron chi connectivity index (χ2n) is 5.14. The summed E-state index contributed by atoms with van der Waals surface area (Å²) in [5, 5.41) is 3.98. The Morgan fingerprint density at radius 1 is 1.05 bits per heavy atom. The predicted octanol–water partition coefficient (Wildman–Crippen LogP) is 3.24. The average Bonchev–Trinajstić information content (AvgIpc) is 3.04. The van der Waals surface area contributed by atoms with Gasteiger partial charge in [-0.2, -0.15) is 0 Å². The van der Waals surface area contributed by atoms with Crippen molar-refractivity contribution < 1.29 is 4.79 Å². The van der Waals surface area contributed by atoms with Crippen LogP contribution in [0.25, 0.3) is 22.6 Å². The first-order valence-corrected chi connectivity index (χ1v) is 6.71. The number of hydrogen-bond acceptors (Lipinski definition) is 2. The van der Waals surface area contributed by atoms with Gasteiger partial charge >= 0.3 is 0 Å². The summed E-state index contributed by atoms with van der Waals surface area (Å²) < 4.78 is 0. The number of nitrogen functional groups attached to an aromatic ring is 1. The number of hydrogen-bond donors (Lipinski definition) is 3. The number of rotatable bonds is 1. The molecular weight excluding hydrogens is 262 g/mol. The van der Waals surface area contributed by atoms with E-state index in [9.17, 15) is 4.79 Å². The molecule has 1 aromatic heterocycles. The molecule has 0 aliphatic carbocycles. The van der Waals surface area contributed by atoms with Crippen molar-refractivity contribution in [1.29, 1.82) is 0 Å². The third-order valence-electron chi connectivity index (χ3n) is 3.71. The molecular formula is C17H13N3O. The molecule has 0 bridgehead atoms. The van der Waals surface area contributed by atoms with Crippen LogP contribution < -0.4 is 11.1 Å². The van der Waals surface area contributed by atoms with Crippen molar-refractivity contribution in [3.63, 3.8) is 0 Å². The zero-order valence-electron chi connectivity index (χ0n) is 11.2. The molecule has 0 unspecified atom stereocenters. The smallest absolute Gasteiger partial charge is 0.256 e. The zero-order valence-corrected chi connectivity index (χ0v) is 11.2. The summed E-state index contributed by atoms with van der Waals surface area (Å²) in [4.78, 5) is 15.3.